The Balaban J connectivity index is 2.75. The second-order valence-corrected chi connectivity index (χ2v) is 4.52. The highest BCUT2D eigenvalue weighted by atomic mass is 32.2. The maximum Gasteiger partial charge on any atom is 0.250 e. The Bertz CT molecular complexity index is 544. The van der Waals surface area contributed by atoms with E-state index in [9.17, 15) is 8.42 Å². The van der Waals surface area contributed by atoms with Gasteiger partial charge in [-0.2, -0.15) is 4.98 Å². The highest BCUT2D eigenvalue weighted by Gasteiger charge is 2.12. The van der Waals surface area contributed by atoms with Crippen molar-refractivity contribution in [3.8, 4) is 0 Å². The van der Waals surface area contributed by atoms with Crippen LogP contribution >= 0.6 is 0 Å². The number of hydrogen-bond donors (Lipinski definition) is 0. The molecule has 0 bridgehead atoms. The van der Waals surface area contributed by atoms with Gasteiger partial charge in [0.25, 0.3) is 0 Å². The van der Waals surface area contributed by atoms with Gasteiger partial charge in [-0.25, -0.2) is 13.4 Å². The van der Waals surface area contributed by atoms with Gasteiger partial charge in [-0.15, -0.1) is 0 Å². The fourth-order valence-electron chi connectivity index (χ4n) is 0.919. The van der Waals surface area contributed by atoms with Crippen LogP contribution in [0.3, 0.4) is 0 Å². The molecule has 0 aromatic carbocycles. The zero-order chi connectivity index (χ0) is 9.47. The maximum atomic E-state index is 11.0. The first-order chi connectivity index (χ1) is 6.07. The molecule has 0 aliphatic heterocycles. The van der Waals surface area contributed by atoms with E-state index in [0.29, 0.717) is 5.39 Å². The van der Waals surface area contributed by atoms with Crippen LogP contribution in [0.2, 0.25) is 0 Å². The second kappa shape index (κ2) is 2.53. The molecular formula is C7H6N2O3S. The van der Waals surface area contributed by atoms with E-state index in [1.54, 1.807) is 6.07 Å². The highest BCUT2D eigenvalue weighted by molar-refractivity contribution is 7.90. The Hall–Kier alpha value is -1.43. The molecular weight excluding hydrogens is 192 g/mol. The van der Waals surface area contributed by atoms with E-state index >= 15 is 0 Å². The number of hydrogen-bond acceptors (Lipinski definition) is 5. The van der Waals surface area contributed by atoms with Crippen LogP contribution in [0.4, 0.5) is 0 Å². The molecule has 68 valence electrons. The molecule has 5 nitrogen and oxygen atoms in total. The lowest BCUT2D eigenvalue weighted by Crippen LogP contribution is -2.02. The third-order valence-corrected chi connectivity index (χ3v) is 2.38. The van der Waals surface area contributed by atoms with Crippen molar-refractivity contribution in [3.63, 3.8) is 0 Å². The molecule has 2 rings (SSSR count). The molecule has 0 unspecified atom stereocenters. The molecule has 0 N–H and O–H groups in total. The smallest absolute Gasteiger partial charge is 0.250 e. The average molecular weight is 198 g/mol. The molecule has 13 heavy (non-hydrogen) atoms. The summed E-state index contributed by atoms with van der Waals surface area (Å²) in [5.74, 6) is 0. The van der Waals surface area contributed by atoms with Crippen LogP contribution in [0.5, 0.6) is 0 Å². The Morgan fingerprint density at radius 3 is 2.92 bits per heavy atom. The van der Waals surface area contributed by atoms with Crippen molar-refractivity contribution in [2.24, 2.45) is 0 Å². The molecule has 0 amide bonds. The van der Waals surface area contributed by atoms with Gasteiger partial charge >= 0.3 is 0 Å². The number of rotatable bonds is 1. The van der Waals surface area contributed by atoms with Crippen LogP contribution in [0.1, 0.15) is 0 Å². The minimum Gasteiger partial charge on any atom is -0.446 e. The van der Waals surface area contributed by atoms with E-state index in [0.717, 1.165) is 6.26 Å². The van der Waals surface area contributed by atoms with Gasteiger partial charge in [-0.05, 0) is 6.07 Å². The summed E-state index contributed by atoms with van der Waals surface area (Å²) in [7, 11) is -3.35. The van der Waals surface area contributed by atoms with Crippen molar-refractivity contribution in [3.05, 3.63) is 18.5 Å². The summed E-state index contributed by atoms with van der Waals surface area (Å²) >= 11 is 0. The van der Waals surface area contributed by atoms with Gasteiger partial charge in [0, 0.05) is 12.5 Å². The number of fused-ring (bicyclic) bond motifs is 1. The highest BCUT2D eigenvalue weighted by Crippen LogP contribution is 2.12. The number of aromatic nitrogens is 2. The number of furan rings is 1. The van der Waals surface area contributed by atoms with E-state index in [-0.39, 0.29) is 10.9 Å². The summed E-state index contributed by atoms with van der Waals surface area (Å²) in [6.07, 6.45) is 3.91. The zero-order valence-electron chi connectivity index (χ0n) is 6.76. The van der Waals surface area contributed by atoms with Gasteiger partial charge in [-0.1, -0.05) is 0 Å². The van der Waals surface area contributed by atoms with E-state index in [1.807, 2.05) is 0 Å². The SMILES string of the molecule is CS(=O)(=O)c1ncc2ccoc2n1. The van der Waals surface area contributed by atoms with Crippen LogP contribution in [0.15, 0.2) is 28.1 Å². The molecule has 2 heterocycles. The van der Waals surface area contributed by atoms with Gasteiger partial charge in [-0.3, -0.25) is 0 Å². The van der Waals surface area contributed by atoms with Crippen LogP contribution in [-0.4, -0.2) is 24.6 Å². The van der Waals surface area contributed by atoms with E-state index in [4.69, 9.17) is 4.42 Å². The summed E-state index contributed by atoms with van der Waals surface area (Å²) in [5, 5.41) is 0.474. The summed E-state index contributed by atoms with van der Waals surface area (Å²) in [6.45, 7) is 0. The lowest BCUT2D eigenvalue weighted by atomic mass is 10.4. The second-order valence-electron chi connectivity index (χ2n) is 2.61. The quantitative estimate of drug-likeness (QED) is 0.628. The third kappa shape index (κ3) is 1.40. The van der Waals surface area contributed by atoms with Gasteiger partial charge in [0.2, 0.25) is 20.7 Å². The number of sulfone groups is 1. The molecule has 0 saturated heterocycles. The average Bonchev–Trinajstić information content (AvgIpc) is 2.47. The fraction of sp³-hybridized carbons (Fsp3) is 0.143. The van der Waals surface area contributed by atoms with Gasteiger partial charge in [0.1, 0.15) is 0 Å². The van der Waals surface area contributed by atoms with E-state index < -0.39 is 9.84 Å². The lowest BCUT2D eigenvalue weighted by molar-refractivity contribution is 0.579. The van der Waals surface area contributed by atoms with E-state index in [2.05, 4.69) is 9.97 Å². The monoisotopic (exact) mass is 198 g/mol. The molecule has 0 radical (unpaired) electrons. The summed E-state index contributed by atoms with van der Waals surface area (Å²) in [6, 6.07) is 1.67. The maximum absolute atomic E-state index is 11.0. The molecule has 0 spiro atoms. The largest absolute Gasteiger partial charge is 0.446 e. The van der Waals surface area contributed by atoms with Crippen LogP contribution in [0.25, 0.3) is 11.1 Å². The molecule has 0 aliphatic carbocycles. The predicted molar refractivity (Wildman–Crippen MR) is 44.9 cm³/mol. The molecule has 0 aliphatic rings. The van der Waals surface area contributed by atoms with Crippen molar-refractivity contribution in [1.29, 1.82) is 0 Å². The van der Waals surface area contributed by atoms with Crippen LogP contribution in [-0.2, 0) is 9.84 Å². The molecule has 0 saturated carbocycles. The van der Waals surface area contributed by atoms with Crippen molar-refractivity contribution in [2.75, 3.05) is 6.26 Å². The van der Waals surface area contributed by atoms with Gasteiger partial charge < -0.3 is 4.42 Å². The van der Waals surface area contributed by atoms with Gasteiger partial charge in [0.05, 0.1) is 11.6 Å². The first kappa shape index (κ1) is 8.18. The number of nitrogens with zero attached hydrogens (tertiary/aromatic N) is 2. The van der Waals surface area contributed by atoms with Crippen LogP contribution < -0.4 is 0 Å². The standard InChI is InChI=1S/C7H6N2O3S/c1-13(10,11)7-8-4-5-2-3-12-6(5)9-7/h2-4H,1H3. The van der Waals surface area contributed by atoms with Crippen molar-refractivity contribution >= 4 is 20.9 Å². The first-order valence-corrected chi connectivity index (χ1v) is 5.37. The molecule has 6 heteroatoms. The normalized spacial score (nSPS) is 12.1. The van der Waals surface area contributed by atoms with Crippen molar-refractivity contribution in [1.82, 2.24) is 9.97 Å². The summed E-state index contributed by atoms with van der Waals surface area (Å²) in [5.41, 5.74) is 0.287. The zero-order valence-corrected chi connectivity index (χ0v) is 7.58. The van der Waals surface area contributed by atoms with Crippen molar-refractivity contribution < 1.29 is 12.8 Å². The van der Waals surface area contributed by atoms with Gasteiger partial charge in [0.15, 0.2) is 0 Å². The molecule has 2 aromatic rings. The Labute approximate surface area is 74.3 Å². The summed E-state index contributed by atoms with van der Waals surface area (Å²) < 4.78 is 27.0. The Kier molecular flexibility index (Phi) is 1.59. The molecule has 0 fully saturated rings. The Morgan fingerprint density at radius 2 is 2.23 bits per heavy atom. The minimum atomic E-state index is -3.35. The first-order valence-electron chi connectivity index (χ1n) is 3.48. The molecule has 2 aromatic heterocycles. The third-order valence-electron chi connectivity index (χ3n) is 1.52. The summed E-state index contributed by atoms with van der Waals surface area (Å²) in [4.78, 5) is 7.43. The predicted octanol–water partition coefficient (Wildman–Crippen LogP) is 0.626. The molecule has 0 atom stereocenters. The fourth-order valence-corrected chi connectivity index (χ4v) is 1.41. The van der Waals surface area contributed by atoms with Crippen molar-refractivity contribution in [2.45, 2.75) is 5.16 Å². The minimum absolute atomic E-state index is 0.213. The Morgan fingerprint density at radius 1 is 1.46 bits per heavy atom. The van der Waals surface area contributed by atoms with E-state index in [1.165, 1.54) is 12.5 Å². The topological polar surface area (TPSA) is 73.1 Å². The van der Waals surface area contributed by atoms with Crippen LogP contribution in [0, 0.1) is 0 Å². The lowest BCUT2D eigenvalue weighted by Gasteiger charge is -1.93.